The first kappa shape index (κ1) is 9.45. The number of carbonyl (C=O) groups is 1. The Morgan fingerprint density at radius 1 is 1.67 bits per heavy atom. The highest BCUT2D eigenvalue weighted by Crippen LogP contribution is 2.11. The van der Waals surface area contributed by atoms with Crippen molar-refractivity contribution < 1.29 is 9.53 Å². The number of hydrogen-bond donors (Lipinski definition) is 0. The van der Waals surface area contributed by atoms with E-state index in [9.17, 15) is 4.79 Å². The lowest BCUT2D eigenvalue weighted by Gasteiger charge is -1.99. The Bertz CT molecular complexity index is 528. The Morgan fingerprint density at radius 3 is 3.13 bits per heavy atom. The summed E-state index contributed by atoms with van der Waals surface area (Å²) in [6.07, 6.45) is 5.13. The molecule has 0 fully saturated rings. The van der Waals surface area contributed by atoms with E-state index in [2.05, 4.69) is 16.3 Å². The van der Waals surface area contributed by atoms with Crippen LogP contribution in [0.15, 0.2) is 31.1 Å². The summed E-state index contributed by atoms with van der Waals surface area (Å²) in [5.74, 6) is -0.163. The van der Waals surface area contributed by atoms with Crippen molar-refractivity contribution in [2.24, 2.45) is 0 Å². The fourth-order valence-electron chi connectivity index (χ4n) is 1.39. The van der Waals surface area contributed by atoms with Crippen LogP contribution in [0.3, 0.4) is 0 Å². The van der Waals surface area contributed by atoms with E-state index in [0.29, 0.717) is 0 Å². The SMILES string of the molecule is C=Cc1ccn2c(C(=O)OC)ncc2c1. The molecule has 0 aliphatic carbocycles. The normalized spacial score (nSPS) is 10.2. The van der Waals surface area contributed by atoms with Gasteiger partial charge in [-0.2, -0.15) is 0 Å². The molecule has 0 aliphatic rings. The van der Waals surface area contributed by atoms with Gasteiger partial charge >= 0.3 is 5.97 Å². The van der Waals surface area contributed by atoms with Gasteiger partial charge in [-0.05, 0) is 17.7 Å². The zero-order valence-electron chi connectivity index (χ0n) is 8.30. The van der Waals surface area contributed by atoms with E-state index in [1.165, 1.54) is 7.11 Å². The maximum atomic E-state index is 11.3. The third kappa shape index (κ3) is 1.50. The summed E-state index contributed by atoms with van der Waals surface area (Å²) >= 11 is 0. The third-order valence-corrected chi connectivity index (χ3v) is 2.16. The largest absolute Gasteiger partial charge is 0.463 e. The molecular formula is C11H10N2O2. The first-order valence-electron chi connectivity index (χ1n) is 4.44. The number of hydrogen-bond acceptors (Lipinski definition) is 3. The lowest BCUT2D eigenvalue weighted by Crippen LogP contribution is -2.06. The highest BCUT2D eigenvalue weighted by atomic mass is 16.5. The molecule has 0 unspecified atom stereocenters. The Kier molecular flexibility index (Phi) is 2.25. The first-order chi connectivity index (χ1) is 7.26. The van der Waals surface area contributed by atoms with Gasteiger partial charge in [0, 0.05) is 6.20 Å². The second-order valence-corrected chi connectivity index (χ2v) is 3.03. The highest BCUT2D eigenvalue weighted by molar-refractivity contribution is 5.86. The summed E-state index contributed by atoms with van der Waals surface area (Å²) in [7, 11) is 1.33. The van der Waals surface area contributed by atoms with Gasteiger partial charge in [0.2, 0.25) is 5.82 Å². The minimum absolute atomic E-state index is 0.281. The second kappa shape index (κ2) is 3.57. The Hall–Kier alpha value is -2.10. The number of carbonyl (C=O) groups excluding carboxylic acids is 1. The Labute approximate surface area is 86.8 Å². The molecule has 0 N–H and O–H groups in total. The van der Waals surface area contributed by atoms with Crippen molar-refractivity contribution in [1.82, 2.24) is 9.38 Å². The summed E-state index contributed by atoms with van der Waals surface area (Å²) in [5, 5.41) is 0. The van der Waals surface area contributed by atoms with E-state index in [4.69, 9.17) is 0 Å². The molecular weight excluding hydrogens is 192 g/mol. The van der Waals surface area contributed by atoms with Crippen LogP contribution >= 0.6 is 0 Å². The van der Waals surface area contributed by atoms with E-state index in [1.807, 2.05) is 12.1 Å². The number of fused-ring (bicyclic) bond motifs is 1. The molecule has 2 heterocycles. The molecule has 15 heavy (non-hydrogen) atoms. The maximum absolute atomic E-state index is 11.3. The number of rotatable bonds is 2. The molecule has 2 aromatic rings. The van der Waals surface area contributed by atoms with Crippen molar-refractivity contribution in [2.45, 2.75) is 0 Å². The monoisotopic (exact) mass is 202 g/mol. The second-order valence-electron chi connectivity index (χ2n) is 3.03. The van der Waals surface area contributed by atoms with Gasteiger partial charge in [0.15, 0.2) is 0 Å². The summed E-state index contributed by atoms with van der Waals surface area (Å²) in [4.78, 5) is 15.3. The molecule has 76 valence electrons. The van der Waals surface area contributed by atoms with Gasteiger partial charge in [0.25, 0.3) is 0 Å². The number of ether oxygens (including phenoxy) is 1. The number of methoxy groups -OCH3 is 1. The van der Waals surface area contributed by atoms with Crippen LogP contribution in [-0.2, 0) is 4.74 Å². The molecule has 0 radical (unpaired) electrons. The summed E-state index contributed by atoms with van der Waals surface area (Å²) in [6.45, 7) is 3.67. The zero-order valence-corrected chi connectivity index (χ0v) is 8.30. The molecule has 4 nitrogen and oxygen atoms in total. The van der Waals surface area contributed by atoms with Gasteiger partial charge in [-0.3, -0.25) is 4.40 Å². The number of esters is 1. The number of pyridine rings is 1. The van der Waals surface area contributed by atoms with Crippen LogP contribution in [0.25, 0.3) is 11.6 Å². The van der Waals surface area contributed by atoms with Crippen molar-refractivity contribution in [1.29, 1.82) is 0 Å². The molecule has 0 saturated heterocycles. The van der Waals surface area contributed by atoms with E-state index in [0.717, 1.165) is 11.1 Å². The molecule has 0 saturated carbocycles. The molecule has 4 heteroatoms. The fraction of sp³-hybridized carbons (Fsp3) is 0.0909. The van der Waals surface area contributed by atoms with E-state index >= 15 is 0 Å². The van der Waals surface area contributed by atoms with E-state index in [1.54, 1.807) is 22.9 Å². The lowest BCUT2D eigenvalue weighted by molar-refractivity contribution is 0.0586. The number of imidazole rings is 1. The van der Waals surface area contributed by atoms with Crippen LogP contribution in [0, 0.1) is 0 Å². The predicted octanol–water partition coefficient (Wildman–Crippen LogP) is 1.76. The topological polar surface area (TPSA) is 43.6 Å². The quantitative estimate of drug-likeness (QED) is 0.697. The Balaban J connectivity index is 2.61. The number of nitrogens with zero attached hydrogens (tertiary/aromatic N) is 2. The van der Waals surface area contributed by atoms with Crippen molar-refractivity contribution >= 4 is 17.6 Å². The highest BCUT2D eigenvalue weighted by Gasteiger charge is 2.12. The average Bonchev–Trinajstić information content (AvgIpc) is 2.70. The van der Waals surface area contributed by atoms with Crippen LogP contribution in [0.5, 0.6) is 0 Å². The maximum Gasteiger partial charge on any atom is 0.374 e. The van der Waals surface area contributed by atoms with Gasteiger partial charge < -0.3 is 4.74 Å². The molecule has 2 rings (SSSR count). The minimum Gasteiger partial charge on any atom is -0.463 e. The third-order valence-electron chi connectivity index (χ3n) is 2.16. The van der Waals surface area contributed by atoms with Gasteiger partial charge in [-0.15, -0.1) is 0 Å². The van der Waals surface area contributed by atoms with Gasteiger partial charge in [-0.25, -0.2) is 9.78 Å². The van der Waals surface area contributed by atoms with E-state index < -0.39 is 5.97 Å². The van der Waals surface area contributed by atoms with Crippen molar-refractivity contribution in [3.63, 3.8) is 0 Å². The average molecular weight is 202 g/mol. The molecule has 0 atom stereocenters. The number of aromatic nitrogens is 2. The molecule has 0 amide bonds. The zero-order chi connectivity index (χ0) is 10.8. The van der Waals surface area contributed by atoms with Gasteiger partial charge in [0.05, 0.1) is 18.8 Å². The summed E-state index contributed by atoms with van der Waals surface area (Å²) in [6, 6.07) is 3.75. The summed E-state index contributed by atoms with van der Waals surface area (Å²) in [5.41, 5.74) is 1.83. The molecule has 0 spiro atoms. The molecule has 0 bridgehead atoms. The van der Waals surface area contributed by atoms with E-state index in [-0.39, 0.29) is 5.82 Å². The van der Waals surface area contributed by atoms with Crippen LogP contribution in [0.4, 0.5) is 0 Å². The molecule has 0 aromatic carbocycles. The molecule has 2 aromatic heterocycles. The van der Waals surface area contributed by atoms with Gasteiger partial charge in [0.1, 0.15) is 0 Å². The van der Waals surface area contributed by atoms with Crippen molar-refractivity contribution in [3.8, 4) is 0 Å². The first-order valence-corrected chi connectivity index (χ1v) is 4.44. The van der Waals surface area contributed by atoms with Gasteiger partial charge in [-0.1, -0.05) is 12.7 Å². The minimum atomic E-state index is -0.443. The van der Waals surface area contributed by atoms with Crippen molar-refractivity contribution in [3.05, 3.63) is 42.5 Å². The summed E-state index contributed by atoms with van der Waals surface area (Å²) < 4.78 is 6.30. The van der Waals surface area contributed by atoms with Crippen LogP contribution in [0.1, 0.15) is 16.2 Å². The van der Waals surface area contributed by atoms with Crippen LogP contribution in [-0.4, -0.2) is 22.5 Å². The molecule has 0 aliphatic heterocycles. The van der Waals surface area contributed by atoms with Crippen LogP contribution in [0.2, 0.25) is 0 Å². The smallest absolute Gasteiger partial charge is 0.374 e. The van der Waals surface area contributed by atoms with Crippen molar-refractivity contribution in [2.75, 3.05) is 7.11 Å². The fourth-order valence-corrected chi connectivity index (χ4v) is 1.39. The predicted molar refractivity (Wildman–Crippen MR) is 56.6 cm³/mol. The Morgan fingerprint density at radius 2 is 2.47 bits per heavy atom. The van der Waals surface area contributed by atoms with Crippen LogP contribution < -0.4 is 0 Å². The lowest BCUT2D eigenvalue weighted by atomic mass is 10.2. The standard InChI is InChI=1S/C11H10N2O2/c1-3-8-4-5-13-9(6-8)7-12-10(13)11(14)15-2/h3-7H,1H2,2H3.